The fraction of sp³-hybridized carbons (Fsp3) is 0.143. The van der Waals surface area contributed by atoms with E-state index in [0.717, 1.165) is 11.1 Å². The first-order valence-corrected chi connectivity index (χ1v) is 5.83. The Morgan fingerprint density at radius 3 is 2.82 bits per heavy atom. The van der Waals surface area contributed by atoms with E-state index >= 15 is 0 Å². The van der Waals surface area contributed by atoms with Crippen LogP contribution in [-0.2, 0) is 6.61 Å². The molecule has 0 N–H and O–H groups in total. The average molecular weight is 249 g/mol. The van der Waals surface area contributed by atoms with Crippen molar-refractivity contribution in [1.29, 1.82) is 0 Å². The molecule has 1 unspecified atom stereocenters. The number of ether oxygens (including phenoxy) is 1. The van der Waals surface area contributed by atoms with Gasteiger partial charge in [-0.15, -0.1) is 11.6 Å². The predicted octanol–water partition coefficient (Wildman–Crippen LogP) is 4.05. The van der Waals surface area contributed by atoms with Crippen molar-refractivity contribution in [3.05, 3.63) is 65.0 Å². The van der Waals surface area contributed by atoms with E-state index in [9.17, 15) is 4.39 Å². The molecule has 1 nitrogen and oxygen atoms in total. The van der Waals surface area contributed by atoms with Crippen LogP contribution in [0.1, 0.15) is 22.1 Å². The Bertz CT molecular complexity index is 568. The minimum absolute atomic E-state index is 0.294. The second kappa shape index (κ2) is 4.04. The lowest BCUT2D eigenvalue weighted by Crippen LogP contribution is -1.95. The van der Waals surface area contributed by atoms with Crippen molar-refractivity contribution in [3.8, 4) is 5.75 Å². The Hall–Kier alpha value is -1.54. The highest BCUT2D eigenvalue weighted by atomic mass is 35.5. The summed E-state index contributed by atoms with van der Waals surface area (Å²) >= 11 is 6.41. The van der Waals surface area contributed by atoms with Gasteiger partial charge in [-0.05, 0) is 29.3 Å². The summed E-state index contributed by atoms with van der Waals surface area (Å²) in [5, 5.41) is -0.362. The third-order valence-electron chi connectivity index (χ3n) is 2.96. The van der Waals surface area contributed by atoms with Gasteiger partial charge in [-0.1, -0.05) is 24.3 Å². The number of benzene rings is 2. The Morgan fingerprint density at radius 2 is 1.94 bits per heavy atom. The summed E-state index contributed by atoms with van der Waals surface area (Å²) in [5.41, 5.74) is 2.72. The van der Waals surface area contributed by atoms with Crippen LogP contribution in [0.4, 0.5) is 4.39 Å². The zero-order valence-electron chi connectivity index (χ0n) is 8.99. The van der Waals surface area contributed by atoms with Crippen molar-refractivity contribution < 1.29 is 9.13 Å². The minimum Gasteiger partial charge on any atom is -0.489 e. The molecule has 0 saturated carbocycles. The van der Waals surface area contributed by atoms with Crippen LogP contribution in [0.3, 0.4) is 0 Å². The molecule has 0 radical (unpaired) electrons. The second-order valence-corrected chi connectivity index (χ2v) is 4.47. The monoisotopic (exact) mass is 248 g/mol. The molecule has 0 amide bonds. The zero-order chi connectivity index (χ0) is 11.8. The second-order valence-electron chi connectivity index (χ2n) is 4.03. The first-order chi connectivity index (χ1) is 8.25. The lowest BCUT2D eigenvalue weighted by atomic mass is 10.00. The number of fused-ring (bicyclic) bond motifs is 2. The Labute approximate surface area is 104 Å². The third kappa shape index (κ3) is 1.79. The predicted molar refractivity (Wildman–Crippen MR) is 64.9 cm³/mol. The largest absolute Gasteiger partial charge is 0.489 e. The molecule has 0 bridgehead atoms. The molecule has 3 rings (SSSR count). The standard InChI is InChI=1S/C14H10ClFO/c15-14-11-4-2-1-3-9(11)8-17-13-6-5-10(16)7-12(13)14/h1-7,14H,8H2. The van der Waals surface area contributed by atoms with Gasteiger partial charge < -0.3 is 4.74 Å². The highest BCUT2D eigenvalue weighted by molar-refractivity contribution is 6.23. The van der Waals surface area contributed by atoms with Gasteiger partial charge >= 0.3 is 0 Å². The molecule has 2 aromatic rings. The molecule has 0 saturated heterocycles. The van der Waals surface area contributed by atoms with Crippen LogP contribution in [-0.4, -0.2) is 0 Å². The van der Waals surface area contributed by atoms with Gasteiger partial charge in [-0.25, -0.2) is 4.39 Å². The van der Waals surface area contributed by atoms with Gasteiger partial charge in [0.2, 0.25) is 0 Å². The van der Waals surface area contributed by atoms with Crippen molar-refractivity contribution in [1.82, 2.24) is 0 Å². The van der Waals surface area contributed by atoms with Gasteiger partial charge in [0, 0.05) is 5.56 Å². The summed E-state index contributed by atoms with van der Waals surface area (Å²) < 4.78 is 18.9. The molecule has 0 aromatic heterocycles. The van der Waals surface area contributed by atoms with Gasteiger partial charge in [-0.2, -0.15) is 0 Å². The maximum atomic E-state index is 13.3. The molecule has 2 aromatic carbocycles. The number of hydrogen-bond acceptors (Lipinski definition) is 1. The Kier molecular flexibility index (Phi) is 2.52. The van der Waals surface area contributed by atoms with Crippen LogP contribution in [0.15, 0.2) is 42.5 Å². The van der Waals surface area contributed by atoms with Gasteiger partial charge in [-0.3, -0.25) is 0 Å². The van der Waals surface area contributed by atoms with Crippen molar-refractivity contribution >= 4 is 11.6 Å². The maximum absolute atomic E-state index is 13.3. The SMILES string of the molecule is Fc1ccc2c(c1)C(Cl)c1ccccc1CO2. The molecular weight excluding hydrogens is 239 g/mol. The van der Waals surface area contributed by atoms with E-state index < -0.39 is 0 Å². The smallest absolute Gasteiger partial charge is 0.125 e. The molecule has 86 valence electrons. The van der Waals surface area contributed by atoms with Gasteiger partial charge in [0.1, 0.15) is 18.2 Å². The van der Waals surface area contributed by atoms with Crippen LogP contribution in [0.5, 0.6) is 5.75 Å². The van der Waals surface area contributed by atoms with Crippen LogP contribution >= 0.6 is 11.6 Å². The van der Waals surface area contributed by atoms with Crippen LogP contribution in [0.25, 0.3) is 0 Å². The molecular formula is C14H10ClFO. The van der Waals surface area contributed by atoms with Crippen molar-refractivity contribution in [2.75, 3.05) is 0 Å². The quantitative estimate of drug-likeness (QED) is 0.639. The molecule has 3 heteroatoms. The molecule has 0 aliphatic carbocycles. The lowest BCUT2D eigenvalue weighted by Gasteiger charge is -2.11. The van der Waals surface area contributed by atoms with Crippen LogP contribution < -0.4 is 4.74 Å². The molecule has 17 heavy (non-hydrogen) atoms. The summed E-state index contributed by atoms with van der Waals surface area (Å²) in [5.74, 6) is 0.361. The summed E-state index contributed by atoms with van der Waals surface area (Å²) in [6.45, 7) is 0.470. The first-order valence-electron chi connectivity index (χ1n) is 5.40. The molecule has 0 spiro atoms. The van der Waals surface area contributed by atoms with E-state index in [2.05, 4.69) is 0 Å². The molecule has 1 atom stereocenters. The Morgan fingerprint density at radius 1 is 1.12 bits per heavy atom. The maximum Gasteiger partial charge on any atom is 0.125 e. The average Bonchev–Trinajstić information content (AvgIpc) is 2.49. The molecule has 1 heterocycles. The Balaban J connectivity index is 2.18. The fourth-order valence-corrected chi connectivity index (χ4v) is 2.47. The number of halogens is 2. The number of hydrogen-bond donors (Lipinski definition) is 0. The van der Waals surface area contributed by atoms with E-state index in [1.807, 2.05) is 24.3 Å². The van der Waals surface area contributed by atoms with E-state index in [0.29, 0.717) is 17.9 Å². The fourth-order valence-electron chi connectivity index (χ4n) is 2.08. The van der Waals surface area contributed by atoms with E-state index in [1.165, 1.54) is 12.1 Å². The van der Waals surface area contributed by atoms with Gasteiger partial charge in [0.15, 0.2) is 0 Å². The minimum atomic E-state index is -0.362. The van der Waals surface area contributed by atoms with Gasteiger partial charge in [0.05, 0.1) is 5.38 Å². The summed E-state index contributed by atoms with van der Waals surface area (Å²) in [7, 11) is 0. The summed E-state index contributed by atoms with van der Waals surface area (Å²) in [4.78, 5) is 0. The van der Waals surface area contributed by atoms with Crippen molar-refractivity contribution in [2.45, 2.75) is 12.0 Å². The van der Waals surface area contributed by atoms with Gasteiger partial charge in [0.25, 0.3) is 0 Å². The molecule has 1 aliphatic heterocycles. The van der Waals surface area contributed by atoms with Crippen molar-refractivity contribution in [3.63, 3.8) is 0 Å². The summed E-state index contributed by atoms with van der Waals surface area (Å²) in [6.07, 6.45) is 0. The van der Waals surface area contributed by atoms with E-state index in [-0.39, 0.29) is 11.2 Å². The third-order valence-corrected chi connectivity index (χ3v) is 3.43. The highest BCUT2D eigenvalue weighted by Gasteiger charge is 2.22. The molecule has 0 fully saturated rings. The highest BCUT2D eigenvalue weighted by Crippen LogP contribution is 2.39. The van der Waals surface area contributed by atoms with Crippen LogP contribution in [0.2, 0.25) is 0 Å². The van der Waals surface area contributed by atoms with Crippen LogP contribution in [0, 0.1) is 5.82 Å². The topological polar surface area (TPSA) is 9.23 Å². The van der Waals surface area contributed by atoms with E-state index in [1.54, 1.807) is 6.07 Å². The normalized spacial score (nSPS) is 17.6. The number of rotatable bonds is 0. The van der Waals surface area contributed by atoms with Crippen molar-refractivity contribution in [2.24, 2.45) is 0 Å². The zero-order valence-corrected chi connectivity index (χ0v) is 9.75. The lowest BCUT2D eigenvalue weighted by molar-refractivity contribution is 0.306. The number of alkyl halides is 1. The molecule has 1 aliphatic rings. The first kappa shape index (κ1) is 10.6. The summed E-state index contributed by atoms with van der Waals surface area (Å²) in [6, 6.07) is 12.3. The van der Waals surface area contributed by atoms with E-state index in [4.69, 9.17) is 16.3 Å².